The first-order chi connectivity index (χ1) is 8.24. The number of likely N-dealkylation sites (N-methyl/N-ethyl adjacent to an activating group) is 1. The quantitative estimate of drug-likeness (QED) is 0.745. The summed E-state index contributed by atoms with van der Waals surface area (Å²) in [6.07, 6.45) is 4.45. The standard InChI is InChI=1S/C14H29NO2/c1-5-14(6-2,17-7-3)13(15-4)12-8-10-16-11-9-12/h12-13,15H,5-11H2,1-4H3. The lowest BCUT2D eigenvalue weighted by molar-refractivity contribution is -0.0946. The molecule has 3 heteroatoms. The van der Waals surface area contributed by atoms with Crippen molar-refractivity contribution < 1.29 is 9.47 Å². The normalized spacial score (nSPS) is 20.5. The van der Waals surface area contributed by atoms with Gasteiger partial charge in [-0.2, -0.15) is 0 Å². The molecule has 1 N–H and O–H groups in total. The summed E-state index contributed by atoms with van der Waals surface area (Å²) >= 11 is 0. The highest BCUT2D eigenvalue weighted by Gasteiger charge is 2.40. The molecule has 0 aromatic carbocycles. The van der Waals surface area contributed by atoms with Crippen LogP contribution in [0.5, 0.6) is 0 Å². The summed E-state index contributed by atoms with van der Waals surface area (Å²) in [6, 6.07) is 0.446. The van der Waals surface area contributed by atoms with Crippen LogP contribution >= 0.6 is 0 Å². The maximum atomic E-state index is 6.13. The van der Waals surface area contributed by atoms with Gasteiger partial charge in [0.1, 0.15) is 0 Å². The van der Waals surface area contributed by atoms with Crippen molar-refractivity contribution in [1.29, 1.82) is 0 Å². The summed E-state index contributed by atoms with van der Waals surface area (Å²) in [5.74, 6) is 0.681. The Hall–Kier alpha value is -0.120. The predicted octanol–water partition coefficient (Wildman–Crippen LogP) is 2.60. The number of nitrogens with one attached hydrogen (secondary N) is 1. The number of hydrogen-bond acceptors (Lipinski definition) is 3. The molecule has 1 fully saturated rings. The van der Waals surface area contributed by atoms with Crippen molar-refractivity contribution in [2.24, 2.45) is 5.92 Å². The monoisotopic (exact) mass is 243 g/mol. The summed E-state index contributed by atoms with van der Waals surface area (Å²) in [6.45, 7) is 9.17. The largest absolute Gasteiger partial charge is 0.381 e. The molecule has 3 nitrogen and oxygen atoms in total. The molecule has 17 heavy (non-hydrogen) atoms. The summed E-state index contributed by atoms with van der Waals surface area (Å²) in [7, 11) is 2.07. The van der Waals surface area contributed by atoms with E-state index in [-0.39, 0.29) is 5.60 Å². The van der Waals surface area contributed by atoms with Gasteiger partial charge in [0.05, 0.1) is 5.60 Å². The highest BCUT2D eigenvalue weighted by atomic mass is 16.5. The van der Waals surface area contributed by atoms with E-state index in [1.807, 2.05) is 0 Å². The minimum atomic E-state index is -0.00843. The molecule has 1 aliphatic rings. The fourth-order valence-electron chi connectivity index (χ4n) is 3.25. The van der Waals surface area contributed by atoms with Gasteiger partial charge >= 0.3 is 0 Å². The smallest absolute Gasteiger partial charge is 0.0831 e. The molecule has 0 aromatic heterocycles. The molecule has 0 aliphatic carbocycles. The van der Waals surface area contributed by atoms with Crippen LogP contribution in [0.2, 0.25) is 0 Å². The van der Waals surface area contributed by atoms with E-state index < -0.39 is 0 Å². The van der Waals surface area contributed by atoms with E-state index in [0.717, 1.165) is 45.5 Å². The first-order valence-corrected chi connectivity index (χ1v) is 7.13. The summed E-state index contributed by atoms with van der Waals surface area (Å²) in [5.41, 5.74) is -0.00843. The first-order valence-electron chi connectivity index (χ1n) is 7.13. The Kier molecular flexibility index (Phi) is 6.45. The molecule has 1 heterocycles. The second kappa shape index (κ2) is 7.34. The van der Waals surface area contributed by atoms with Crippen molar-refractivity contribution in [2.45, 2.75) is 58.1 Å². The van der Waals surface area contributed by atoms with Crippen LogP contribution in [0.15, 0.2) is 0 Å². The molecule has 1 saturated heterocycles. The number of hydrogen-bond donors (Lipinski definition) is 1. The Balaban J connectivity index is 2.78. The molecular formula is C14H29NO2. The van der Waals surface area contributed by atoms with Crippen LogP contribution < -0.4 is 5.32 Å². The maximum Gasteiger partial charge on any atom is 0.0831 e. The van der Waals surface area contributed by atoms with Crippen molar-refractivity contribution >= 4 is 0 Å². The highest BCUT2D eigenvalue weighted by molar-refractivity contribution is 4.95. The molecule has 0 aromatic rings. The number of rotatable bonds is 7. The zero-order valence-electron chi connectivity index (χ0n) is 11.9. The van der Waals surface area contributed by atoms with Gasteiger partial charge in [-0.3, -0.25) is 0 Å². The topological polar surface area (TPSA) is 30.5 Å². The van der Waals surface area contributed by atoms with Gasteiger partial charge in [0.15, 0.2) is 0 Å². The van der Waals surface area contributed by atoms with E-state index in [0.29, 0.717) is 12.0 Å². The third-order valence-electron chi connectivity index (χ3n) is 4.24. The van der Waals surface area contributed by atoms with E-state index >= 15 is 0 Å². The fraction of sp³-hybridized carbons (Fsp3) is 1.00. The highest BCUT2D eigenvalue weighted by Crippen LogP contribution is 2.33. The lowest BCUT2D eigenvalue weighted by Gasteiger charge is -2.44. The van der Waals surface area contributed by atoms with Crippen LogP contribution in [0.3, 0.4) is 0 Å². The molecule has 1 rings (SSSR count). The van der Waals surface area contributed by atoms with Crippen LogP contribution in [0.25, 0.3) is 0 Å². The Bertz CT molecular complexity index is 198. The zero-order chi connectivity index (χ0) is 12.7. The van der Waals surface area contributed by atoms with Gasteiger partial charge in [0.25, 0.3) is 0 Å². The van der Waals surface area contributed by atoms with E-state index in [9.17, 15) is 0 Å². The van der Waals surface area contributed by atoms with Gasteiger partial charge in [-0.25, -0.2) is 0 Å². The molecule has 0 spiro atoms. The lowest BCUT2D eigenvalue weighted by atomic mass is 9.77. The van der Waals surface area contributed by atoms with E-state index in [1.165, 1.54) is 0 Å². The van der Waals surface area contributed by atoms with Crippen molar-refractivity contribution in [3.8, 4) is 0 Å². The summed E-state index contributed by atoms with van der Waals surface area (Å²) < 4.78 is 11.6. The van der Waals surface area contributed by atoms with Gasteiger partial charge < -0.3 is 14.8 Å². The van der Waals surface area contributed by atoms with Crippen LogP contribution in [-0.2, 0) is 9.47 Å². The molecular weight excluding hydrogens is 214 g/mol. The van der Waals surface area contributed by atoms with Crippen LogP contribution in [0, 0.1) is 5.92 Å². The van der Waals surface area contributed by atoms with E-state index in [4.69, 9.17) is 9.47 Å². The fourth-order valence-corrected chi connectivity index (χ4v) is 3.25. The Morgan fingerprint density at radius 1 is 1.24 bits per heavy atom. The maximum absolute atomic E-state index is 6.13. The minimum absolute atomic E-state index is 0.00843. The minimum Gasteiger partial charge on any atom is -0.381 e. The van der Waals surface area contributed by atoms with Crippen molar-refractivity contribution in [1.82, 2.24) is 5.32 Å². The van der Waals surface area contributed by atoms with Gasteiger partial charge in [-0.15, -0.1) is 0 Å². The average molecular weight is 243 g/mol. The molecule has 0 bridgehead atoms. The SMILES string of the molecule is CCOC(CC)(CC)C(NC)C1CCOCC1. The van der Waals surface area contributed by atoms with Gasteiger partial charge in [-0.05, 0) is 45.6 Å². The lowest BCUT2D eigenvalue weighted by Crippen LogP contribution is -2.55. The Labute approximate surface area is 106 Å². The van der Waals surface area contributed by atoms with Gasteiger partial charge in [0.2, 0.25) is 0 Å². The molecule has 1 atom stereocenters. The zero-order valence-corrected chi connectivity index (χ0v) is 11.9. The second-order valence-electron chi connectivity index (χ2n) is 4.92. The third kappa shape index (κ3) is 3.43. The summed E-state index contributed by atoms with van der Waals surface area (Å²) in [4.78, 5) is 0. The molecule has 0 amide bonds. The van der Waals surface area contributed by atoms with Crippen LogP contribution in [0.1, 0.15) is 46.5 Å². The Morgan fingerprint density at radius 3 is 2.24 bits per heavy atom. The number of ether oxygens (including phenoxy) is 2. The predicted molar refractivity (Wildman–Crippen MR) is 71.3 cm³/mol. The van der Waals surface area contributed by atoms with E-state index in [2.05, 4.69) is 33.1 Å². The molecule has 102 valence electrons. The second-order valence-corrected chi connectivity index (χ2v) is 4.92. The summed E-state index contributed by atoms with van der Waals surface area (Å²) in [5, 5.41) is 3.52. The van der Waals surface area contributed by atoms with Crippen LogP contribution in [0.4, 0.5) is 0 Å². The first kappa shape index (κ1) is 14.9. The van der Waals surface area contributed by atoms with Crippen molar-refractivity contribution in [3.63, 3.8) is 0 Å². The Morgan fingerprint density at radius 2 is 1.82 bits per heavy atom. The van der Waals surface area contributed by atoms with Crippen molar-refractivity contribution in [3.05, 3.63) is 0 Å². The molecule has 1 unspecified atom stereocenters. The molecule has 0 saturated carbocycles. The van der Waals surface area contributed by atoms with Gasteiger partial charge in [-0.1, -0.05) is 13.8 Å². The molecule has 1 aliphatic heterocycles. The third-order valence-corrected chi connectivity index (χ3v) is 4.24. The van der Waals surface area contributed by atoms with Gasteiger partial charge in [0, 0.05) is 25.9 Å². The van der Waals surface area contributed by atoms with Crippen LogP contribution in [-0.4, -0.2) is 38.5 Å². The molecule has 0 radical (unpaired) electrons. The average Bonchev–Trinajstić information content (AvgIpc) is 2.39. The van der Waals surface area contributed by atoms with Crippen molar-refractivity contribution in [2.75, 3.05) is 26.9 Å². The van der Waals surface area contributed by atoms with E-state index in [1.54, 1.807) is 0 Å².